The number of hydrogen-bond donors (Lipinski definition) is 2. The Bertz CT molecular complexity index is 597. The average molecular weight is 206 g/mol. The number of para-hydroxylation sites is 1. The van der Waals surface area contributed by atoms with Gasteiger partial charge in [0.15, 0.2) is 0 Å². The Morgan fingerprint density at radius 2 is 2.00 bits per heavy atom. The van der Waals surface area contributed by atoms with Crippen LogP contribution < -0.4 is 11.2 Å². The van der Waals surface area contributed by atoms with Gasteiger partial charge in [-0.3, -0.25) is 9.36 Å². The van der Waals surface area contributed by atoms with Crippen molar-refractivity contribution >= 4 is 10.9 Å². The van der Waals surface area contributed by atoms with Gasteiger partial charge in [0, 0.05) is 0 Å². The Labute approximate surface area is 84.6 Å². The quantitative estimate of drug-likeness (QED) is 0.707. The minimum Gasteiger partial charge on any atom is -0.395 e. The van der Waals surface area contributed by atoms with Crippen LogP contribution in [0.25, 0.3) is 10.9 Å². The number of nitrogens with one attached hydrogen (secondary N) is 1. The molecular weight excluding hydrogens is 196 g/mol. The third kappa shape index (κ3) is 1.57. The Morgan fingerprint density at radius 1 is 1.27 bits per heavy atom. The molecule has 0 atom stereocenters. The largest absolute Gasteiger partial charge is 0.395 e. The fourth-order valence-electron chi connectivity index (χ4n) is 1.50. The third-order valence-electron chi connectivity index (χ3n) is 2.21. The summed E-state index contributed by atoms with van der Waals surface area (Å²) >= 11 is 0. The molecule has 0 aliphatic carbocycles. The van der Waals surface area contributed by atoms with E-state index in [0.717, 1.165) is 4.57 Å². The summed E-state index contributed by atoms with van der Waals surface area (Å²) in [6.45, 7) is -0.222. The van der Waals surface area contributed by atoms with Crippen LogP contribution in [0.1, 0.15) is 0 Å². The van der Waals surface area contributed by atoms with Crippen LogP contribution in [-0.4, -0.2) is 21.3 Å². The van der Waals surface area contributed by atoms with E-state index in [4.69, 9.17) is 5.11 Å². The second-order valence-corrected chi connectivity index (χ2v) is 3.16. The lowest BCUT2D eigenvalue weighted by Gasteiger charge is -2.03. The van der Waals surface area contributed by atoms with Crippen LogP contribution in [0.4, 0.5) is 0 Å². The summed E-state index contributed by atoms with van der Waals surface area (Å²) in [7, 11) is 0. The first-order chi connectivity index (χ1) is 7.24. The van der Waals surface area contributed by atoms with Crippen molar-refractivity contribution < 1.29 is 5.11 Å². The van der Waals surface area contributed by atoms with Gasteiger partial charge in [-0.1, -0.05) is 12.1 Å². The highest BCUT2D eigenvalue weighted by atomic mass is 16.3. The van der Waals surface area contributed by atoms with E-state index in [1.54, 1.807) is 24.3 Å². The molecule has 2 N–H and O–H groups in total. The van der Waals surface area contributed by atoms with Gasteiger partial charge < -0.3 is 10.1 Å². The van der Waals surface area contributed by atoms with Crippen LogP contribution in [0, 0.1) is 0 Å². The standard InChI is InChI=1S/C10H10N2O3/c13-6-5-12-9(14)7-3-1-2-4-8(7)11-10(12)15/h1-4,13H,5-6H2,(H,11,15). The molecular formula is C10H10N2O3. The molecule has 1 aromatic carbocycles. The van der Waals surface area contributed by atoms with Gasteiger partial charge in [-0.05, 0) is 12.1 Å². The highest BCUT2D eigenvalue weighted by Gasteiger charge is 2.05. The first kappa shape index (κ1) is 9.67. The van der Waals surface area contributed by atoms with Crippen molar-refractivity contribution in [1.82, 2.24) is 9.55 Å². The number of benzene rings is 1. The predicted octanol–water partition coefficient (Wildman–Crippen LogP) is -0.318. The SMILES string of the molecule is O=c1[nH]c2ccccc2c(=O)n1CCO. The molecule has 15 heavy (non-hydrogen) atoms. The van der Waals surface area contributed by atoms with E-state index in [-0.39, 0.29) is 18.7 Å². The van der Waals surface area contributed by atoms with Crippen molar-refractivity contribution in [3.05, 3.63) is 45.1 Å². The van der Waals surface area contributed by atoms with Gasteiger partial charge in [0.05, 0.1) is 24.1 Å². The number of aliphatic hydroxyl groups is 1. The number of aromatic nitrogens is 2. The van der Waals surface area contributed by atoms with Crippen LogP contribution in [-0.2, 0) is 6.54 Å². The number of hydrogen-bond acceptors (Lipinski definition) is 3. The minimum absolute atomic E-state index is 0.0129. The number of H-pyrrole nitrogens is 1. The fourth-order valence-corrected chi connectivity index (χ4v) is 1.50. The number of aliphatic hydroxyl groups excluding tert-OH is 1. The second-order valence-electron chi connectivity index (χ2n) is 3.16. The Balaban J connectivity index is 2.85. The summed E-state index contributed by atoms with van der Waals surface area (Å²) in [6.07, 6.45) is 0. The van der Waals surface area contributed by atoms with Crippen LogP contribution in [0.2, 0.25) is 0 Å². The lowest BCUT2D eigenvalue weighted by Crippen LogP contribution is -2.35. The maximum absolute atomic E-state index is 11.8. The maximum Gasteiger partial charge on any atom is 0.328 e. The number of rotatable bonds is 2. The Kier molecular flexibility index (Phi) is 2.39. The van der Waals surface area contributed by atoms with Gasteiger partial charge >= 0.3 is 5.69 Å². The zero-order valence-corrected chi connectivity index (χ0v) is 7.93. The molecule has 0 aliphatic rings. The Morgan fingerprint density at radius 3 is 2.73 bits per heavy atom. The smallest absolute Gasteiger partial charge is 0.328 e. The van der Waals surface area contributed by atoms with Gasteiger partial charge in [-0.15, -0.1) is 0 Å². The molecule has 2 rings (SSSR count). The zero-order chi connectivity index (χ0) is 10.8. The first-order valence-electron chi connectivity index (χ1n) is 4.57. The third-order valence-corrected chi connectivity index (χ3v) is 2.21. The molecule has 0 radical (unpaired) electrons. The van der Waals surface area contributed by atoms with Gasteiger partial charge in [-0.2, -0.15) is 0 Å². The minimum atomic E-state index is -0.493. The topological polar surface area (TPSA) is 75.1 Å². The second kappa shape index (κ2) is 3.70. The van der Waals surface area contributed by atoms with E-state index in [2.05, 4.69) is 4.98 Å². The highest BCUT2D eigenvalue weighted by Crippen LogP contribution is 2.02. The normalized spacial score (nSPS) is 10.7. The first-order valence-corrected chi connectivity index (χ1v) is 4.57. The molecule has 0 fully saturated rings. The molecule has 0 aliphatic heterocycles. The molecule has 5 heteroatoms. The Hall–Kier alpha value is -1.88. The molecule has 1 heterocycles. The molecule has 78 valence electrons. The summed E-state index contributed by atoms with van der Waals surface area (Å²) in [5.74, 6) is 0. The molecule has 5 nitrogen and oxygen atoms in total. The molecule has 0 saturated carbocycles. The maximum atomic E-state index is 11.8. The lowest BCUT2D eigenvalue weighted by molar-refractivity contribution is 0.272. The van der Waals surface area contributed by atoms with E-state index in [9.17, 15) is 9.59 Å². The van der Waals surface area contributed by atoms with Gasteiger partial charge in [0.25, 0.3) is 5.56 Å². The number of fused-ring (bicyclic) bond motifs is 1. The summed E-state index contributed by atoms with van der Waals surface area (Å²) in [5.41, 5.74) is -0.349. The van der Waals surface area contributed by atoms with Gasteiger partial charge in [-0.25, -0.2) is 4.79 Å². The lowest BCUT2D eigenvalue weighted by atomic mass is 10.2. The van der Waals surface area contributed by atoms with E-state index in [0.29, 0.717) is 10.9 Å². The summed E-state index contributed by atoms with van der Waals surface area (Å²) < 4.78 is 0.988. The van der Waals surface area contributed by atoms with E-state index >= 15 is 0 Å². The molecule has 0 saturated heterocycles. The van der Waals surface area contributed by atoms with Crippen molar-refractivity contribution in [2.24, 2.45) is 0 Å². The number of nitrogens with zero attached hydrogens (tertiary/aromatic N) is 1. The van der Waals surface area contributed by atoms with Crippen LogP contribution in [0.15, 0.2) is 33.9 Å². The van der Waals surface area contributed by atoms with Gasteiger partial charge in [0.1, 0.15) is 0 Å². The van der Waals surface area contributed by atoms with Crippen LogP contribution in [0.3, 0.4) is 0 Å². The molecule has 0 unspecified atom stereocenters. The van der Waals surface area contributed by atoms with E-state index in [1.165, 1.54) is 0 Å². The van der Waals surface area contributed by atoms with Crippen molar-refractivity contribution in [1.29, 1.82) is 0 Å². The van der Waals surface area contributed by atoms with Crippen LogP contribution in [0.5, 0.6) is 0 Å². The monoisotopic (exact) mass is 206 g/mol. The van der Waals surface area contributed by atoms with Crippen molar-refractivity contribution in [3.8, 4) is 0 Å². The summed E-state index contributed by atoms with van der Waals surface area (Å²) in [6, 6.07) is 6.78. The fraction of sp³-hybridized carbons (Fsp3) is 0.200. The molecule has 1 aromatic heterocycles. The van der Waals surface area contributed by atoms with Crippen molar-refractivity contribution in [3.63, 3.8) is 0 Å². The summed E-state index contributed by atoms with van der Waals surface area (Å²) in [4.78, 5) is 25.8. The average Bonchev–Trinajstić information content (AvgIpc) is 2.24. The zero-order valence-electron chi connectivity index (χ0n) is 7.93. The predicted molar refractivity (Wildman–Crippen MR) is 55.9 cm³/mol. The van der Waals surface area contributed by atoms with E-state index in [1.807, 2.05) is 0 Å². The molecule has 2 aromatic rings. The molecule has 0 amide bonds. The molecule has 0 bridgehead atoms. The van der Waals surface area contributed by atoms with Gasteiger partial charge in [0.2, 0.25) is 0 Å². The highest BCUT2D eigenvalue weighted by molar-refractivity contribution is 5.76. The molecule has 0 spiro atoms. The van der Waals surface area contributed by atoms with Crippen molar-refractivity contribution in [2.45, 2.75) is 6.54 Å². The van der Waals surface area contributed by atoms with Crippen LogP contribution >= 0.6 is 0 Å². The summed E-state index contributed by atoms with van der Waals surface area (Å²) in [5, 5.41) is 9.18. The van der Waals surface area contributed by atoms with E-state index < -0.39 is 5.69 Å². The van der Waals surface area contributed by atoms with Crippen molar-refractivity contribution in [2.75, 3.05) is 6.61 Å². The number of aromatic amines is 1.